The van der Waals surface area contributed by atoms with E-state index < -0.39 is 17.3 Å². The summed E-state index contributed by atoms with van der Waals surface area (Å²) in [6.45, 7) is 2.55. The van der Waals surface area contributed by atoms with Crippen LogP contribution in [0.15, 0.2) is 52.1 Å². The molecular weight excluding hydrogens is 396 g/mol. The van der Waals surface area contributed by atoms with Crippen LogP contribution < -0.4 is 21.3 Å². The Bertz CT molecular complexity index is 1410. The van der Waals surface area contributed by atoms with Gasteiger partial charge >= 0.3 is 5.69 Å². The smallest absolute Gasteiger partial charge is 0.335 e. The Hall–Kier alpha value is -3.78. The van der Waals surface area contributed by atoms with Gasteiger partial charge < -0.3 is 20.1 Å². The molecule has 8 nitrogen and oxygen atoms in total. The number of hydrogen-bond acceptors (Lipinski definition) is 5. The van der Waals surface area contributed by atoms with Gasteiger partial charge in [-0.15, -0.1) is 0 Å². The van der Waals surface area contributed by atoms with Crippen molar-refractivity contribution in [2.24, 2.45) is 0 Å². The number of hydrogen-bond donors (Lipinski definition) is 4. The van der Waals surface area contributed by atoms with Crippen LogP contribution in [0, 0.1) is 6.92 Å². The van der Waals surface area contributed by atoms with E-state index in [1.54, 1.807) is 19.2 Å². The number of fused-ring (bicyclic) bond motifs is 3. The molecule has 158 valence electrons. The van der Waals surface area contributed by atoms with Crippen molar-refractivity contribution in [1.82, 2.24) is 19.9 Å². The van der Waals surface area contributed by atoms with E-state index in [4.69, 9.17) is 4.74 Å². The summed E-state index contributed by atoms with van der Waals surface area (Å²) in [7, 11) is 1.62. The van der Waals surface area contributed by atoms with Crippen molar-refractivity contribution >= 4 is 10.9 Å². The highest BCUT2D eigenvalue weighted by Crippen LogP contribution is 2.36. The summed E-state index contributed by atoms with van der Waals surface area (Å²) in [5, 5.41) is 15.4. The van der Waals surface area contributed by atoms with Crippen molar-refractivity contribution in [1.29, 1.82) is 0 Å². The molecule has 0 unspecified atom stereocenters. The number of aryl methyl sites for hydroxylation is 1. The third-order valence-electron chi connectivity index (χ3n) is 5.86. The van der Waals surface area contributed by atoms with Gasteiger partial charge in [-0.25, -0.2) is 9.36 Å². The van der Waals surface area contributed by atoms with Crippen LogP contribution in [0.25, 0.3) is 16.6 Å². The van der Waals surface area contributed by atoms with E-state index in [-0.39, 0.29) is 11.4 Å². The lowest BCUT2D eigenvalue weighted by molar-refractivity contribution is 0.409. The van der Waals surface area contributed by atoms with E-state index in [1.807, 2.05) is 37.3 Å². The second-order valence-corrected chi connectivity index (χ2v) is 7.73. The minimum absolute atomic E-state index is 0.0969. The molecule has 0 spiro atoms. The van der Waals surface area contributed by atoms with E-state index in [0.29, 0.717) is 12.2 Å². The SMILES string of the molecule is COc1ccc2[nH]c3c(c2c1)CCN[C@H]3c1c(O)n(-c2ccc(C)cc2)c(=O)[nH]c1=O. The van der Waals surface area contributed by atoms with Crippen LogP contribution in [-0.2, 0) is 6.42 Å². The summed E-state index contributed by atoms with van der Waals surface area (Å²) in [4.78, 5) is 31.1. The fraction of sp³-hybridized carbons (Fsp3) is 0.217. The molecule has 31 heavy (non-hydrogen) atoms. The molecule has 0 bridgehead atoms. The maximum atomic E-state index is 12.8. The van der Waals surface area contributed by atoms with E-state index in [0.717, 1.165) is 44.5 Å². The molecule has 2 aromatic carbocycles. The normalized spacial score (nSPS) is 15.7. The highest BCUT2D eigenvalue weighted by molar-refractivity contribution is 5.86. The molecule has 0 amide bonds. The molecule has 0 aliphatic carbocycles. The molecule has 0 saturated carbocycles. The molecule has 8 heteroatoms. The standard InChI is InChI=1S/C23H22N4O4/c1-12-3-5-13(6-4-12)27-22(29)18(21(28)26-23(27)30)20-19-15(9-10-24-20)16-11-14(31-2)7-8-17(16)25-19/h3-8,11,20,24-25,29H,9-10H2,1-2H3,(H,26,28,30)/t20-/m0/s1. The summed E-state index contributed by atoms with van der Waals surface area (Å²) in [6.07, 6.45) is 0.759. The van der Waals surface area contributed by atoms with Crippen LogP contribution in [0.1, 0.15) is 28.4 Å². The fourth-order valence-corrected chi connectivity index (χ4v) is 4.31. The molecule has 4 aromatic rings. The number of aromatic nitrogens is 3. The molecular formula is C23H22N4O4. The van der Waals surface area contributed by atoms with Gasteiger partial charge in [0.2, 0.25) is 5.88 Å². The zero-order chi connectivity index (χ0) is 21.7. The number of nitrogens with one attached hydrogen (secondary N) is 3. The fourth-order valence-electron chi connectivity index (χ4n) is 4.31. The van der Waals surface area contributed by atoms with Crippen LogP contribution in [0.3, 0.4) is 0 Å². The van der Waals surface area contributed by atoms with E-state index in [2.05, 4.69) is 15.3 Å². The number of H-pyrrole nitrogens is 2. The minimum Gasteiger partial charge on any atom is -0.497 e. The van der Waals surface area contributed by atoms with Crippen LogP contribution >= 0.6 is 0 Å². The van der Waals surface area contributed by atoms with Crippen LogP contribution in [-0.4, -0.2) is 33.3 Å². The quantitative estimate of drug-likeness (QED) is 0.408. The number of aromatic amines is 2. The topological polar surface area (TPSA) is 112 Å². The van der Waals surface area contributed by atoms with Gasteiger partial charge in [0.1, 0.15) is 11.3 Å². The average molecular weight is 418 g/mol. The number of methoxy groups -OCH3 is 1. The lowest BCUT2D eigenvalue weighted by Crippen LogP contribution is -2.38. The first-order valence-corrected chi connectivity index (χ1v) is 10.0. The minimum atomic E-state index is -0.687. The number of ether oxygens (including phenoxy) is 1. The van der Waals surface area contributed by atoms with Crippen LogP contribution in [0.2, 0.25) is 0 Å². The van der Waals surface area contributed by atoms with Gasteiger partial charge in [0, 0.05) is 23.1 Å². The van der Waals surface area contributed by atoms with Gasteiger partial charge in [-0.3, -0.25) is 9.78 Å². The number of aromatic hydroxyl groups is 1. The van der Waals surface area contributed by atoms with E-state index in [9.17, 15) is 14.7 Å². The summed E-state index contributed by atoms with van der Waals surface area (Å²) in [5.41, 5.74) is 3.06. The average Bonchev–Trinajstić information content (AvgIpc) is 3.13. The third kappa shape index (κ3) is 3.03. The first kappa shape index (κ1) is 19.2. The van der Waals surface area contributed by atoms with Gasteiger partial charge in [-0.1, -0.05) is 17.7 Å². The summed E-state index contributed by atoms with van der Waals surface area (Å²) in [5.74, 6) is 0.372. The molecule has 2 aromatic heterocycles. The van der Waals surface area contributed by atoms with E-state index >= 15 is 0 Å². The Kier molecular flexibility index (Phi) is 4.44. The molecule has 1 aliphatic heterocycles. The van der Waals surface area contributed by atoms with Crippen LogP contribution in [0.5, 0.6) is 11.6 Å². The lowest BCUT2D eigenvalue weighted by Gasteiger charge is -2.25. The lowest BCUT2D eigenvalue weighted by atomic mass is 9.95. The van der Waals surface area contributed by atoms with Crippen molar-refractivity contribution in [3.05, 3.63) is 85.7 Å². The second-order valence-electron chi connectivity index (χ2n) is 7.73. The van der Waals surface area contributed by atoms with E-state index in [1.165, 1.54) is 0 Å². The summed E-state index contributed by atoms with van der Waals surface area (Å²) in [6, 6.07) is 12.3. The van der Waals surface area contributed by atoms with Crippen molar-refractivity contribution in [3.8, 4) is 17.3 Å². The Morgan fingerprint density at radius 3 is 2.61 bits per heavy atom. The molecule has 0 fully saturated rings. The molecule has 1 atom stereocenters. The predicted molar refractivity (Wildman–Crippen MR) is 117 cm³/mol. The van der Waals surface area contributed by atoms with Crippen molar-refractivity contribution in [2.45, 2.75) is 19.4 Å². The predicted octanol–water partition coefficient (Wildman–Crippen LogP) is 2.26. The Morgan fingerprint density at radius 1 is 1.10 bits per heavy atom. The highest BCUT2D eigenvalue weighted by atomic mass is 16.5. The summed E-state index contributed by atoms with van der Waals surface area (Å²) < 4.78 is 6.48. The molecule has 5 rings (SSSR count). The maximum absolute atomic E-state index is 12.8. The monoisotopic (exact) mass is 418 g/mol. The number of rotatable bonds is 3. The zero-order valence-corrected chi connectivity index (χ0v) is 17.2. The van der Waals surface area contributed by atoms with Gasteiger partial charge in [-0.2, -0.15) is 0 Å². The van der Waals surface area contributed by atoms with Gasteiger partial charge in [-0.05, 0) is 49.2 Å². The van der Waals surface area contributed by atoms with Crippen molar-refractivity contribution in [3.63, 3.8) is 0 Å². The van der Waals surface area contributed by atoms with Crippen molar-refractivity contribution in [2.75, 3.05) is 13.7 Å². The Labute approximate surface area is 177 Å². The first-order valence-electron chi connectivity index (χ1n) is 10.0. The third-order valence-corrected chi connectivity index (χ3v) is 5.86. The maximum Gasteiger partial charge on any atom is 0.335 e. The number of nitrogens with zero attached hydrogens (tertiary/aromatic N) is 1. The zero-order valence-electron chi connectivity index (χ0n) is 17.2. The molecule has 4 N–H and O–H groups in total. The highest BCUT2D eigenvalue weighted by Gasteiger charge is 2.31. The second kappa shape index (κ2) is 7.17. The van der Waals surface area contributed by atoms with Gasteiger partial charge in [0.25, 0.3) is 5.56 Å². The number of benzene rings is 2. The largest absolute Gasteiger partial charge is 0.497 e. The van der Waals surface area contributed by atoms with Gasteiger partial charge in [0.05, 0.1) is 18.8 Å². The van der Waals surface area contributed by atoms with Crippen molar-refractivity contribution < 1.29 is 9.84 Å². The first-order chi connectivity index (χ1) is 15.0. The molecule has 1 aliphatic rings. The Morgan fingerprint density at radius 2 is 1.87 bits per heavy atom. The van der Waals surface area contributed by atoms with Crippen LogP contribution in [0.4, 0.5) is 0 Å². The van der Waals surface area contributed by atoms with Gasteiger partial charge in [0.15, 0.2) is 0 Å². The molecule has 3 heterocycles. The molecule has 0 radical (unpaired) electrons. The Balaban J connectivity index is 1.72. The molecule has 0 saturated heterocycles. The summed E-state index contributed by atoms with van der Waals surface area (Å²) >= 11 is 0.